The summed E-state index contributed by atoms with van der Waals surface area (Å²) in [6.45, 7) is 2.97. The molecular weight excluding hydrogens is 218 g/mol. The van der Waals surface area contributed by atoms with E-state index in [4.69, 9.17) is 15.2 Å². The van der Waals surface area contributed by atoms with Gasteiger partial charge in [0.2, 0.25) is 0 Å². The summed E-state index contributed by atoms with van der Waals surface area (Å²) >= 11 is 0. The van der Waals surface area contributed by atoms with Crippen LogP contribution >= 0.6 is 0 Å². The molecule has 4 nitrogen and oxygen atoms in total. The van der Waals surface area contributed by atoms with Gasteiger partial charge in [0.05, 0.1) is 13.2 Å². The number of anilines is 1. The second-order valence-corrected chi connectivity index (χ2v) is 4.23. The number of ketones is 1. The van der Waals surface area contributed by atoms with Crippen molar-refractivity contribution < 1.29 is 14.3 Å². The van der Waals surface area contributed by atoms with Crippen LogP contribution in [0.4, 0.5) is 5.69 Å². The van der Waals surface area contributed by atoms with E-state index in [0.717, 1.165) is 26.1 Å². The largest absolute Gasteiger partial charge is 0.490 e. The van der Waals surface area contributed by atoms with Gasteiger partial charge in [-0.15, -0.1) is 0 Å². The number of nitrogen functional groups attached to an aromatic ring is 1. The van der Waals surface area contributed by atoms with Crippen molar-refractivity contribution in [3.63, 3.8) is 0 Å². The van der Waals surface area contributed by atoms with Crippen LogP contribution < -0.4 is 10.5 Å². The van der Waals surface area contributed by atoms with Crippen LogP contribution in [0.15, 0.2) is 18.2 Å². The van der Waals surface area contributed by atoms with Crippen LogP contribution in [-0.4, -0.2) is 25.1 Å². The molecule has 4 heteroatoms. The zero-order chi connectivity index (χ0) is 12.3. The second kappa shape index (κ2) is 5.19. The van der Waals surface area contributed by atoms with Crippen molar-refractivity contribution >= 4 is 11.5 Å². The van der Waals surface area contributed by atoms with Gasteiger partial charge in [-0.25, -0.2) is 0 Å². The van der Waals surface area contributed by atoms with Gasteiger partial charge in [-0.3, -0.25) is 4.79 Å². The van der Waals surface area contributed by atoms with E-state index in [1.165, 1.54) is 6.92 Å². The summed E-state index contributed by atoms with van der Waals surface area (Å²) < 4.78 is 11.1. The molecule has 0 bridgehead atoms. The summed E-state index contributed by atoms with van der Waals surface area (Å²) in [4.78, 5) is 11.4. The maximum Gasteiger partial charge on any atom is 0.162 e. The van der Waals surface area contributed by atoms with E-state index in [1.54, 1.807) is 18.2 Å². The van der Waals surface area contributed by atoms with Crippen molar-refractivity contribution in [2.75, 3.05) is 18.9 Å². The first-order valence-corrected chi connectivity index (χ1v) is 5.81. The molecular formula is C13H17NO3. The molecule has 1 heterocycles. The highest BCUT2D eigenvalue weighted by Gasteiger charge is 2.16. The average Bonchev–Trinajstić information content (AvgIpc) is 2.32. The molecule has 1 aromatic carbocycles. The van der Waals surface area contributed by atoms with E-state index >= 15 is 0 Å². The zero-order valence-corrected chi connectivity index (χ0v) is 9.94. The van der Waals surface area contributed by atoms with E-state index in [0.29, 0.717) is 17.0 Å². The van der Waals surface area contributed by atoms with Crippen LogP contribution in [0.3, 0.4) is 0 Å². The number of hydrogen-bond donors (Lipinski definition) is 1. The molecule has 1 aliphatic rings. The molecule has 0 unspecified atom stereocenters. The Balaban J connectivity index is 2.10. The topological polar surface area (TPSA) is 61.5 Å². The van der Waals surface area contributed by atoms with Crippen LogP contribution in [0.1, 0.15) is 30.1 Å². The fourth-order valence-corrected chi connectivity index (χ4v) is 1.90. The van der Waals surface area contributed by atoms with Gasteiger partial charge in [0, 0.05) is 24.1 Å². The Hall–Kier alpha value is -1.55. The lowest BCUT2D eigenvalue weighted by Crippen LogP contribution is -2.25. The molecule has 0 amide bonds. The molecule has 0 aliphatic carbocycles. The van der Waals surface area contributed by atoms with Gasteiger partial charge in [0.15, 0.2) is 5.78 Å². The molecule has 1 aliphatic heterocycles. The fourth-order valence-electron chi connectivity index (χ4n) is 1.90. The number of benzene rings is 1. The number of ether oxygens (including phenoxy) is 2. The Morgan fingerprint density at radius 3 is 2.76 bits per heavy atom. The lowest BCUT2D eigenvalue weighted by atomic mass is 10.1. The second-order valence-electron chi connectivity index (χ2n) is 4.23. The average molecular weight is 235 g/mol. The Labute approximate surface area is 101 Å². The van der Waals surface area contributed by atoms with Crippen molar-refractivity contribution in [2.24, 2.45) is 0 Å². The predicted molar refractivity (Wildman–Crippen MR) is 65.3 cm³/mol. The first-order valence-electron chi connectivity index (χ1n) is 5.81. The lowest BCUT2D eigenvalue weighted by molar-refractivity contribution is 0.0255. The highest BCUT2D eigenvalue weighted by molar-refractivity contribution is 5.99. The molecule has 0 spiro atoms. The van der Waals surface area contributed by atoms with Crippen molar-refractivity contribution in [1.29, 1.82) is 0 Å². The quantitative estimate of drug-likeness (QED) is 0.643. The minimum Gasteiger partial charge on any atom is -0.490 e. The first kappa shape index (κ1) is 11.9. The molecule has 2 N–H and O–H groups in total. The van der Waals surface area contributed by atoms with E-state index in [2.05, 4.69) is 0 Å². The Morgan fingerprint density at radius 2 is 2.12 bits per heavy atom. The third kappa shape index (κ3) is 2.97. The van der Waals surface area contributed by atoms with Gasteiger partial charge in [0.25, 0.3) is 0 Å². The van der Waals surface area contributed by atoms with Gasteiger partial charge < -0.3 is 15.2 Å². The van der Waals surface area contributed by atoms with E-state index in [-0.39, 0.29) is 11.9 Å². The molecule has 0 saturated carbocycles. The molecule has 2 rings (SSSR count). The molecule has 0 aromatic heterocycles. The number of rotatable bonds is 3. The third-order valence-electron chi connectivity index (χ3n) is 2.88. The zero-order valence-electron chi connectivity index (χ0n) is 9.94. The SMILES string of the molecule is CC(=O)c1cc(OC2CCOCC2)ccc1N. The standard InChI is InChI=1S/C13H17NO3/c1-9(15)12-8-11(2-3-13(12)14)17-10-4-6-16-7-5-10/h2-3,8,10H,4-7,14H2,1H3. The third-order valence-corrected chi connectivity index (χ3v) is 2.88. The number of Topliss-reactive ketones (excluding diaryl/α,β-unsaturated/α-hetero) is 1. The summed E-state index contributed by atoms with van der Waals surface area (Å²) in [6.07, 6.45) is 1.95. The Morgan fingerprint density at radius 1 is 1.41 bits per heavy atom. The summed E-state index contributed by atoms with van der Waals surface area (Å²) in [5.74, 6) is 0.663. The molecule has 1 fully saturated rings. The van der Waals surface area contributed by atoms with Crippen LogP contribution in [0.25, 0.3) is 0 Å². The molecule has 17 heavy (non-hydrogen) atoms. The van der Waals surface area contributed by atoms with Crippen LogP contribution in [0.5, 0.6) is 5.75 Å². The molecule has 0 radical (unpaired) electrons. The van der Waals surface area contributed by atoms with Crippen molar-refractivity contribution in [1.82, 2.24) is 0 Å². The van der Waals surface area contributed by atoms with E-state index in [9.17, 15) is 4.79 Å². The molecule has 1 aromatic rings. The van der Waals surface area contributed by atoms with Crippen LogP contribution in [-0.2, 0) is 4.74 Å². The number of carbonyl (C=O) groups excluding carboxylic acids is 1. The first-order chi connectivity index (χ1) is 8.16. The molecule has 92 valence electrons. The number of nitrogens with two attached hydrogens (primary N) is 1. The van der Waals surface area contributed by atoms with Crippen LogP contribution in [0, 0.1) is 0 Å². The lowest BCUT2D eigenvalue weighted by Gasteiger charge is -2.23. The molecule has 0 atom stereocenters. The summed E-state index contributed by atoms with van der Waals surface area (Å²) in [5.41, 5.74) is 6.75. The minimum atomic E-state index is -0.0417. The van der Waals surface area contributed by atoms with Gasteiger partial charge in [-0.05, 0) is 25.1 Å². The fraction of sp³-hybridized carbons (Fsp3) is 0.462. The summed E-state index contributed by atoms with van der Waals surface area (Å²) in [6, 6.07) is 5.23. The van der Waals surface area contributed by atoms with Crippen molar-refractivity contribution in [3.8, 4) is 5.75 Å². The monoisotopic (exact) mass is 235 g/mol. The summed E-state index contributed by atoms with van der Waals surface area (Å²) in [5, 5.41) is 0. The smallest absolute Gasteiger partial charge is 0.162 e. The van der Waals surface area contributed by atoms with E-state index in [1.807, 2.05) is 0 Å². The maximum atomic E-state index is 11.4. The Bertz CT molecular complexity index is 411. The van der Waals surface area contributed by atoms with Gasteiger partial charge >= 0.3 is 0 Å². The highest BCUT2D eigenvalue weighted by Crippen LogP contribution is 2.23. The predicted octanol–water partition coefficient (Wildman–Crippen LogP) is 2.03. The molecule has 1 saturated heterocycles. The Kier molecular flexibility index (Phi) is 3.64. The highest BCUT2D eigenvalue weighted by atomic mass is 16.5. The number of hydrogen-bond acceptors (Lipinski definition) is 4. The van der Waals surface area contributed by atoms with Gasteiger partial charge in [-0.2, -0.15) is 0 Å². The van der Waals surface area contributed by atoms with Crippen molar-refractivity contribution in [2.45, 2.75) is 25.9 Å². The van der Waals surface area contributed by atoms with Gasteiger partial charge in [-0.1, -0.05) is 0 Å². The van der Waals surface area contributed by atoms with Gasteiger partial charge in [0.1, 0.15) is 11.9 Å². The summed E-state index contributed by atoms with van der Waals surface area (Å²) in [7, 11) is 0. The maximum absolute atomic E-state index is 11.4. The number of carbonyl (C=O) groups is 1. The minimum absolute atomic E-state index is 0.0417. The van der Waals surface area contributed by atoms with Crippen LogP contribution in [0.2, 0.25) is 0 Å². The van der Waals surface area contributed by atoms with Crippen molar-refractivity contribution in [3.05, 3.63) is 23.8 Å². The van der Waals surface area contributed by atoms with E-state index < -0.39 is 0 Å². The normalized spacial score (nSPS) is 16.8.